The van der Waals surface area contributed by atoms with E-state index in [0.29, 0.717) is 12.3 Å². The fraction of sp³-hybridized carbons (Fsp3) is 0.353. The Morgan fingerprint density at radius 1 is 1.06 bits per heavy atom. The van der Waals surface area contributed by atoms with Crippen molar-refractivity contribution in [3.05, 3.63) is 48.0 Å². The van der Waals surface area contributed by atoms with Gasteiger partial charge in [0.15, 0.2) is 5.78 Å². The number of ketones is 1. The van der Waals surface area contributed by atoms with Crippen LogP contribution in [0.3, 0.4) is 0 Å². The molecule has 0 N–H and O–H groups in total. The molecule has 18 heavy (non-hydrogen) atoms. The molecule has 0 aliphatic rings. The summed E-state index contributed by atoms with van der Waals surface area (Å²) >= 11 is 0. The normalized spacial score (nSPS) is 11.1. The highest BCUT2D eigenvalue weighted by Gasteiger charge is 2.06. The Morgan fingerprint density at radius 3 is 2.50 bits per heavy atom. The first-order valence-electron chi connectivity index (χ1n) is 6.69. The van der Waals surface area contributed by atoms with Crippen molar-refractivity contribution in [1.29, 1.82) is 0 Å². The summed E-state index contributed by atoms with van der Waals surface area (Å²) in [5, 5.41) is 2.34. The van der Waals surface area contributed by atoms with Gasteiger partial charge in [-0.2, -0.15) is 0 Å². The summed E-state index contributed by atoms with van der Waals surface area (Å²) in [5.41, 5.74) is 0.845. The van der Waals surface area contributed by atoms with E-state index in [1.165, 1.54) is 5.39 Å². The molecular weight excluding hydrogens is 220 g/mol. The van der Waals surface area contributed by atoms with Crippen LogP contribution >= 0.6 is 0 Å². The zero-order valence-corrected chi connectivity index (χ0v) is 11.1. The second-order valence-corrected chi connectivity index (χ2v) is 5.27. The van der Waals surface area contributed by atoms with Crippen LogP contribution in [0.5, 0.6) is 0 Å². The molecule has 1 nitrogen and oxygen atoms in total. The molecule has 0 radical (unpaired) electrons. The average Bonchev–Trinajstić information content (AvgIpc) is 2.37. The maximum atomic E-state index is 12.1. The lowest BCUT2D eigenvalue weighted by Gasteiger charge is -2.05. The van der Waals surface area contributed by atoms with Gasteiger partial charge in [0.2, 0.25) is 0 Å². The van der Waals surface area contributed by atoms with Crippen LogP contribution < -0.4 is 0 Å². The number of rotatable bonds is 5. The van der Waals surface area contributed by atoms with E-state index in [0.717, 1.165) is 23.8 Å². The zero-order chi connectivity index (χ0) is 13.0. The second kappa shape index (κ2) is 5.81. The van der Waals surface area contributed by atoms with Crippen molar-refractivity contribution in [3.8, 4) is 0 Å². The van der Waals surface area contributed by atoms with Crippen LogP contribution in [0.15, 0.2) is 42.5 Å². The zero-order valence-electron chi connectivity index (χ0n) is 11.1. The van der Waals surface area contributed by atoms with Crippen LogP contribution in [0.25, 0.3) is 10.8 Å². The summed E-state index contributed by atoms with van der Waals surface area (Å²) in [6, 6.07) is 14.1. The maximum Gasteiger partial charge on any atom is 0.162 e. The van der Waals surface area contributed by atoms with E-state index in [4.69, 9.17) is 0 Å². The lowest BCUT2D eigenvalue weighted by molar-refractivity contribution is 0.0978. The summed E-state index contributed by atoms with van der Waals surface area (Å²) in [6.07, 6.45) is 2.78. The molecule has 2 aromatic carbocycles. The predicted molar refractivity (Wildman–Crippen MR) is 77.0 cm³/mol. The number of hydrogen-bond donors (Lipinski definition) is 0. The van der Waals surface area contributed by atoms with E-state index in [1.54, 1.807) is 0 Å². The van der Waals surface area contributed by atoms with Crippen LogP contribution in [-0.2, 0) is 0 Å². The largest absolute Gasteiger partial charge is 0.294 e. The van der Waals surface area contributed by atoms with Crippen molar-refractivity contribution in [2.75, 3.05) is 0 Å². The van der Waals surface area contributed by atoms with Gasteiger partial charge in [0.25, 0.3) is 0 Å². The van der Waals surface area contributed by atoms with Gasteiger partial charge in [0, 0.05) is 12.0 Å². The number of carbonyl (C=O) groups is 1. The quantitative estimate of drug-likeness (QED) is 0.683. The van der Waals surface area contributed by atoms with Crippen LogP contribution in [0.1, 0.15) is 43.5 Å². The first kappa shape index (κ1) is 12.8. The molecule has 0 fully saturated rings. The first-order chi connectivity index (χ1) is 8.66. The fourth-order valence-electron chi connectivity index (χ4n) is 2.18. The van der Waals surface area contributed by atoms with E-state index < -0.39 is 0 Å². The van der Waals surface area contributed by atoms with Gasteiger partial charge in [0.1, 0.15) is 0 Å². The first-order valence-corrected chi connectivity index (χ1v) is 6.69. The van der Waals surface area contributed by atoms with Gasteiger partial charge in [-0.3, -0.25) is 4.79 Å². The third-order valence-electron chi connectivity index (χ3n) is 3.26. The molecule has 2 rings (SSSR count). The Kier molecular flexibility index (Phi) is 4.14. The molecule has 1 heteroatoms. The van der Waals surface area contributed by atoms with Gasteiger partial charge in [-0.15, -0.1) is 0 Å². The van der Waals surface area contributed by atoms with E-state index in [9.17, 15) is 4.79 Å². The van der Waals surface area contributed by atoms with Crippen LogP contribution in [-0.4, -0.2) is 5.78 Å². The highest BCUT2D eigenvalue weighted by molar-refractivity contribution is 5.99. The molecule has 0 saturated heterocycles. The van der Waals surface area contributed by atoms with Gasteiger partial charge >= 0.3 is 0 Å². The summed E-state index contributed by atoms with van der Waals surface area (Å²) < 4.78 is 0. The summed E-state index contributed by atoms with van der Waals surface area (Å²) in [4.78, 5) is 12.1. The van der Waals surface area contributed by atoms with Crippen molar-refractivity contribution in [1.82, 2.24) is 0 Å². The number of benzene rings is 2. The summed E-state index contributed by atoms with van der Waals surface area (Å²) in [7, 11) is 0. The molecule has 94 valence electrons. The standard InChI is InChI=1S/C17H20O/c1-13(2)6-5-9-17(18)16-11-10-14-7-3-4-8-15(14)12-16/h3-4,7-8,10-13H,5-6,9H2,1-2H3. The number of Topliss-reactive ketones (excluding diaryl/α,β-unsaturated/α-hetero) is 1. The van der Waals surface area contributed by atoms with Gasteiger partial charge < -0.3 is 0 Å². The Bertz CT molecular complexity index is 540. The molecule has 0 spiro atoms. The number of carbonyl (C=O) groups excluding carboxylic acids is 1. The maximum absolute atomic E-state index is 12.1. The van der Waals surface area contributed by atoms with Crippen molar-refractivity contribution >= 4 is 16.6 Å². The highest BCUT2D eigenvalue weighted by atomic mass is 16.1. The Balaban J connectivity index is 2.08. The second-order valence-electron chi connectivity index (χ2n) is 5.27. The molecule has 0 saturated carbocycles. The molecule has 2 aromatic rings. The van der Waals surface area contributed by atoms with Gasteiger partial charge in [-0.1, -0.05) is 56.7 Å². The van der Waals surface area contributed by atoms with E-state index in [1.807, 2.05) is 30.3 Å². The van der Waals surface area contributed by atoms with E-state index in [2.05, 4.69) is 26.0 Å². The SMILES string of the molecule is CC(C)CCCC(=O)c1ccc2ccccc2c1. The predicted octanol–water partition coefficient (Wildman–Crippen LogP) is 4.85. The summed E-state index contributed by atoms with van der Waals surface area (Å²) in [6.45, 7) is 4.39. The Labute approximate surface area is 109 Å². The summed E-state index contributed by atoms with van der Waals surface area (Å²) in [5.74, 6) is 0.941. The highest BCUT2D eigenvalue weighted by Crippen LogP contribution is 2.18. The molecule has 0 heterocycles. The van der Waals surface area contributed by atoms with E-state index >= 15 is 0 Å². The Morgan fingerprint density at radius 2 is 1.78 bits per heavy atom. The molecule has 0 amide bonds. The molecule has 0 aliphatic heterocycles. The monoisotopic (exact) mass is 240 g/mol. The van der Waals surface area contributed by atoms with Crippen LogP contribution in [0, 0.1) is 5.92 Å². The van der Waals surface area contributed by atoms with Crippen molar-refractivity contribution in [2.24, 2.45) is 5.92 Å². The average molecular weight is 240 g/mol. The van der Waals surface area contributed by atoms with Crippen molar-refractivity contribution in [2.45, 2.75) is 33.1 Å². The topological polar surface area (TPSA) is 17.1 Å². The molecule has 0 atom stereocenters. The molecule has 0 aliphatic carbocycles. The van der Waals surface area contributed by atoms with Crippen molar-refractivity contribution in [3.63, 3.8) is 0 Å². The smallest absolute Gasteiger partial charge is 0.162 e. The van der Waals surface area contributed by atoms with Gasteiger partial charge in [0.05, 0.1) is 0 Å². The van der Waals surface area contributed by atoms with E-state index in [-0.39, 0.29) is 5.78 Å². The molecule has 0 aromatic heterocycles. The van der Waals surface area contributed by atoms with Gasteiger partial charge in [-0.25, -0.2) is 0 Å². The minimum atomic E-state index is 0.265. The minimum absolute atomic E-state index is 0.265. The third-order valence-corrected chi connectivity index (χ3v) is 3.26. The minimum Gasteiger partial charge on any atom is -0.294 e. The lowest BCUT2D eigenvalue weighted by Crippen LogP contribution is -2.00. The third kappa shape index (κ3) is 3.19. The molecule has 0 bridgehead atoms. The fourth-order valence-corrected chi connectivity index (χ4v) is 2.18. The van der Waals surface area contributed by atoms with Crippen LogP contribution in [0.2, 0.25) is 0 Å². The number of hydrogen-bond acceptors (Lipinski definition) is 1. The molecular formula is C17H20O. The number of fused-ring (bicyclic) bond motifs is 1. The lowest BCUT2D eigenvalue weighted by atomic mass is 9.99. The van der Waals surface area contributed by atoms with Crippen LogP contribution in [0.4, 0.5) is 0 Å². The molecule has 0 unspecified atom stereocenters. The Hall–Kier alpha value is -1.63. The van der Waals surface area contributed by atoms with Gasteiger partial charge in [-0.05, 0) is 29.2 Å². The van der Waals surface area contributed by atoms with Crippen molar-refractivity contribution < 1.29 is 4.79 Å².